The van der Waals surface area contributed by atoms with Crippen molar-refractivity contribution in [3.8, 4) is 0 Å². The first-order chi connectivity index (χ1) is 6.83. The van der Waals surface area contributed by atoms with E-state index in [9.17, 15) is 4.79 Å². The summed E-state index contributed by atoms with van der Waals surface area (Å²) in [6.45, 7) is 3.14. The molecule has 1 saturated carbocycles. The lowest BCUT2D eigenvalue weighted by molar-refractivity contribution is -0.130. The maximum absolute atomic E-state index is 11.8. The van der Waals surface area contributed by atoms with Crippen LogP contribution in [0.1, 0.15) is 25.7 Å². The second kappa shape index (κ2) is 3.23. The SMILES string of the molecule is O=C(CC1CC1)N1CC2CCNC2C1. The van der Waals surface area contributed by atoms with Crippen LogP contribution < -0.4 is 5.32 Å². The highest BCUT2D eigenvalue weighted by atomic mass is 16.2. The van der Waals surface area contributed by atoms with Crippen LogP contribution in [0, 0.1) is 11.8 Å². The normalized spacial score (nSPS) is 36.1. The molecule has 0 aromatic heterocycles. The minimum absolute atomic E-state index is 0.406. The molecule has 14 heavy (non-hydrogen) atoms. The monoisotopic (exact) mass is 194 g/mol. The first-order valence-electron chi connectivity index (χ1n) is 5.84. The highest BCUT2D eigenvalue weighted by Crippen LogP contribution is 2.34. The summed E-state index contributed by atoms with van der Waals surface area (Å²) in [4.78, 5) is 13.9. The standard InChI is InChI=1S/C11H18N2O/c14-11(5-8-1-2-8)13-6-9-3-4-12-10(9)7-13/h8-10,12H,1-7H2. The van der Waals surface area contributed by atoms with Crippen LogP contribution in [0.5, 0.6) is 0 Å². The summed E-state index contributed by atoms with van der Waals surface area (Å²) in [6, 6.07) is 0.609. The van der Waals surface area contributed by atoms with E-state index in [0.29, 0.717) is 11.9 Å². The number of nitrogens with one attached hydrogen (secondary N) is 1. The third kappa shape index (κ3) is 1.54. The predicted molar refractivity (Wildman–Crippen MR) is 53.8 cm³/mol. The van der Waals surface area contributed by atoms with Crippen LogP contribution in [-0.4, -0.2) is 36.5 Å². The Balaban J connectivity index is 1.56. The van der Waals surface area contributed by atoms with Crippen LogP contribution in [-0.2, 0) is 4.79 Å². The third-order valence-corrected chi connectivity index (χ3v) is 3.88. The van der Waals surface area contributed by atoms with Gasteiger partial charge in [0.2, 0.25) is 5.91 Å². The zero-order valence-electron chi connectivity index (χ0n) is 8.54. The molecule has 2 heterocycles. The molecule has 78 valence electrons. The van der Waals surface area contributed by atoms with E-state index in [1.165, 1.54) is 19.3 Å². The Kier molecular flexibility index (Phi) is 2.01. The Labute approximate surface area is 84.8 Å². The number of carbonyl (C=O) groups excluding carboxylic acids is 1. The average molecular weight is 194 g/mol. The zero-order chi connectivity index (χ0) is 9.54. The fourth-order valence-electron chi connectivity index (χ4n) is 2.75. The number of likely N-dealkylation sites (tertiary alicyclic amines) is 1. The van der Waals surface area contributed by atoms with Gasteiger partial charge in [0.25, 0.3) is 0 Å². The second-order valence-corrected chi connectivity index (χ2v) is 5.06. The van der Waals surface area contributed by atoms with Crippen LogP contribution in [0.3, 0.4) is 0 Å². The molecule has 1 N–H and O–H groups in total. The molecule has 2 unspecified atom stereocenters. The summed E-state index contributed by atoms with van der Waals surface area (Å²) < 4.78 is 0. The lowest BCUT2D eigenvalue weighted by atomic mass is 10.1. The van der Waals surface area contributed by atoms with Crippen molar-refractivity contribution in [2.75, 3.05) is 19.6 Å². The molecule has 0 spiro atoms. The van der Waals surface area contributed by atoms with Crippen molar-refractivity contribution >= 4 is 5.91 Å². The number of rotatable bonds is 2. The fraction of sp³-hybridized carbons (Fsp3) is 0.909. The van der Waals surface area contributed by atoms with Crippen molar-refractivity contribution < 1.29 is 4.79 Å². The number of hydrogen-bond acceptors (Lipinski definition) is 2. The molecule has 0 bridgehead atoms. The van der Waals surface area contributed by atoms with Gasteiger partial charge in [-0.25, -0.2) is 0 Å². The van der Waals surface area contributed by atoms with Gasteiger partial charge in [-0.3, -0.25) is 4.79 Å². The van der Waals surface area contributed by atoms with Gasteiger partial charge >= 0.3 is 0 Å². The second-order valence-electron chi connectivity index (χ2n) is 5.06. The van der Waals surface area contributed by atoms with Crippen molar-refractivity contribution in [1.82, 2.24) is 10.2 Å². The maximum Gasteiger partial charge on any atom is 0.222 e. The molecule has 1 aliphatic carbocycles. The minimum Gasteiger partial charge on any atom is -0.341 e. The molecule has 2 atom stereocenters. The molecule has 3 nitrogen and oxygen atoms in total. The van der Waals surface area contributed by atoms with Crippen molar-refractivity contribution in [3.63, 3.8) is 0 Å². The predicted octanol–water partition coefficient (Wildman–Crippen LogP) is 0.607. The van der Waals surface area contributed by atoms with Crippen LogP contribution in [0.25, 0.3) is 0 Å². The molecule has 0 aromatic carbocycles. The molecular weight excluding hydrogens is 176 g/mol. The first-order valence-corrected chi connectivity index (χ1v) is 5.84. The number of hydrogen-bond donors (Lipinski definition) is 1. The smallest absolute Gasteiger partial charge is 0.222 e. The van der Waals surface area contributed by atoms with Crippen LogP contribution in [0.2, 0.25) is 0 Å². The van der Waals surface area contributed by atoms with E-state index in [-0.39, 0.29) is 0 Å². The van der Waals surface area contributed by atoms with Gasteiger partial charge in [0, 0.05) is 25.6 Å². The van der Waals surface area contributed by atoms with Gasteiger partial charge in [-0.15, -0.1) is 0 Å². The van der Waals surface area contributed by atoms with E-state index in [0.717, 1.165) is 37.9 Å². The highest BCUT2D eigenvalue weighted by Gasteiger charge is 2.38. The van der Waals surface area contributed by atoms with Gasteiger partial charge in [0.1, 0.15) is 0 Å². The van der Waals surface area contributed by atoms with Crippen molar-refractivity contribution in [1.29, 1.82) is 0 Å². The van der Waals surface area contributed by atoms with Crippen LogP contribution >= 0.6 is 0 Å². The van der Waals surface area contributed by atoms with E-state index < -0.39 is 0 Å². The van der Waals surface area contributed by atoms with Crippen LogP contribution in [0.15, 0.2) is 0 Å². The van der Waals surface area contributed by atoms with Gasteiger partial charge in [-0.1, -0.05) is 0 Å². The number of fused-ring (bicyclic) bond motifs is 1. The van der Waals surface area contributed by atoms with E-state index in [1.807, 2.05) is 0 Å². The molecule has 2 saturated heterocycles. The summed E-state index contributed by atoms with van der Waals surface area (Å²) in [5, 5.41) is 3.48. The molecule has 0 aromatic rings. The zero-order valence-corrected chi connectivity index (χ0v) is 8.54. The third-order valence-electron chi connectivity index (χ3n) is 3.88. The quantitative estimate of drug-likeness (QED) is 0.698. The Bertz CT molecular complexity index is 238. The lowest BCUT2D eigenvalue weighted by Crippen LogP contribution is -2.34. The molecular formula is C11H18N2O. The Hall–Kier alpha value is -0.570. The van der Waals surface area contributed by atoms with E-state index >= 15 is 0 Å². The summed E-state index contributed by atoms with van der Waals surface area (Å²) in [7, 11) is 0. The van der Waals surface area contributed by atoms with Crippen LogP contribution in [0.4, 0.5) is 0 Å². The first kappa shape index (κ1) is 8.72. The van der Waals surface area contributed by atoms with Gasteiger partial charge < -0.3 is 10.2 Å². The summed E-state index contributed by atoms with van der Waals surface area (Å²) >= 11 is 0. The molecule has 0 radical (unpaired) electrons. The van der Waals surface area contributed by atoms with E-state index in [2.05, 4.69) is 10.2 Å². The molecule has 1 amide bonds. The van der Waals surface area contributed by atoms with E-state index in [4.69, 9.17) is 0 Å². The topological polar surface area (TPSA) is 32.3 Å². The molecule has 3 heteroatoms. The fourth-order valence-corrected chi connectivity index (χ4v) is 2.75. The molecule has 3 aliphatic rings. The lowest BCUT2D eigenvalue weighted by Gasteiger charge is -2.17. The van der Waals surface area contributed by atoms with Crippen molar-refractivity contribution in [3.05, 3.63) is 0 Å². The minimum atomic E-state index is 0.406. The largest absolute Gasteiger partial charge is 0.341 e. The summed E-state index contributed by atoms with van der Waals surface area (Å²) in [6.07, 6.45) is 4.65. The molecule has 3 fully saturated rings. The number of nitrogens with zero attached hydrogens (tertiary/aromatic N) is 1. The highest BCUT2D eigenvalue weighted by molar-refractivity contribution is 5.77. The summed E-state index contributed by atoms with van der Waals surface area (Å²) in [5.74, 6) is 1.89. The van der Waals surface area contributed by atoms with Gasteiger partial charge in [-0.05, 0) is 37.6 Å². The van der Waals surface area contributed by atoms with Crippen molar-refractivity contribution in [2.45, 2.75) is 31.7 Å². The van der Waals surface area contributed by atoms with Gasteiger partial charge in [-0.2, -0.15) is 0 Å². The average Bonchev–Trinajstić information content (AvgIpc) is 2.73. The van der Waals surface area contributed by atoms with Crippen molar-refractivity contribution in [2.24, 2.45) is 11.8 Å². The number of amides is 1. The number of carbonyl (C=O) groups is 1. The van der Waals surface area contributed by atoms with E-state index in [1.54, 1.807) is 0 Å². The Morgan fingerprint density at radius 2 is 2.14 bits per heavy atom. The Morgan fingerprint density at radius 3 is 2.86 bits per heavy atom. The maximum atomic E-state index is 11.8. The Morgan fingerprint density at radius 1 is 1.29 bits per heavy atom. The molecule has 3 rings (SSSR count). The molecule has 2 aliphatic heterocycles. The van der Waals surface area contributed by atoms with Gasteiger partial charge in [0.05, 0.1) is 0 Å². The van der Waals surface area contributed by atoms with Gasteiger partial charge in [0.15, 0.2) is 0 Å². The summed E-state index contributed by atoms with van der Waals surface area (Å²) in [5.41, 5.74) is 0.